The van der Waals surface area contributed by atoms with Crippen molar-refractivity contribution in [1.82, 2.24) is 5.32 Å². The number of halogens is 2. The molecule has 1 aromatic rings. The summed E-state index contributed by atoms with van der Waals surface area (Å²) in [5.41, 5.74) is 5.42. The summed E-state index contributed by atoms with van der Waals surface area (Å²) < 4.78 is 26.3. The van der Waals surface area contributed by atoms with E-state index in [4.69, 9.17) is 5.73 Å². The largest absolute Gasteiger partial charge is 0.330 e. The maximum absolute atomic E-state index is 13.1. The van der Waals surface area contributed by atoms with Crippen LogP contribution in [0.3, 0.4) is 0 Å². The number of unbranched alkanes of at least 4 members (excludes halogenated alkanes) is 1. The van der Waals surface area contributed by atoms with Crippen molar-refractivity contribution in [3.63, 3.8) is 0 Å². The van der Waals surface area contributed by atoms with Gasteiger partial charge in [0.15, 0.2) is 0 Å². The number of benzene rings is 1. The summed E-state index contributed by atoms with van der Waals surface area (Å²) in [7, 11) is 0. The van der Waals surface area contributed by atoms with Crippen LogP contribution in [-0.4, -0.2) is 13.1 Å². The third-order valence-corrected chi connectivity index (χ3v) is 2.17. The van der Waals surface area contributed by atoms with Crippen LogP contribution in [-0.2, 0) is 6.54 Å². The fourth-order valence-corrected chi connectivity index (χ4v) is 1.31. The molecule has 4 heteroatoms. The molecule has 0 aliphatic carbocycles. The Morgan fingerprint density at radius 3 is 2.40 bits per heavy atom. The van der Waals surface area contributed by atoms with Crippen LogP contribution in [0.25, 0.3) is 0 Å². The molecule has 3 N–H and O–H groups in total. The Bertz CT molecular complexity index is 282. The second-order valence-electron chi connectivity index (χ2n) is 3.37. The van der Waals surface area contributed by atoms with E-state index in [1.165, 1.54) is 18.2 Å². The van der Waals surface area contributed by atoms with Crippen LogP contribution < -0.4 is 11.1 Å². The molecule has 0 aliphatic rings. The topological polar surface area (TPSA) is 38.0 Å². The standard InChI is InChI=1S/C11H16F2N2/c12-10-4-3-5-11(13)9(10)8-15-7-2-1-6-14/h3-5,15H,1-2,6-8,14H2. The van der Waals surface area contributed by atoms with Crippen LogP contribution in [0.5, 0.6) is 0 Å². The average molecular weight is 214 g/mol. The number of nitrogens with two attached hydrogens (primary N) is 1. The summed E-state index contributed by atoms with van der Waals surface area (Å²) in [5.74, 6) is -0.998. The summed E-state index contributed by atoms with van der Waals surface area (Å²) in [5, 5.41) is 2.98. The number of hydrogen-bond donors (Lipinski definition) is 2. The zero-order valence-corrected chi connectivity index (χ0v) is 8.60. The van der Waals surface area contributed by atoms with Crippen molar-refractivity contribution >= 4 is 0 Å². The van der Waals surface area contributed by atoms with Gasteiger partial charge in [0.05, 0.1) is 0 Å². The lowest BCUT2D eigenvalue weighted by Crippen LogP contribution is -2.17. The van der Waals surface area contributed by atoms with Gasteiger partial charge in [0.25, 0.3) is 0 Å². The molecule has 0 amide bonds. The van der Waals surface area contributed by atoms with Crippen molar-refractivity contribution in [2.45, 2.75) is 19.4 Å². The normalized spacial score (nSPS) is 10.6. The van der Waals surface area contributed by atoms with Gasteiger partial charge in [-0.2, -0.15) is 0 Å². The molecule has 0 aromatic heterocycles. The fraction of sp³-hybridized carbons (Fsp3) is 0.455. The first-order chi connectivity index (χ1) is 7.25. The Labute approximate surface area is 88.5 Å². The molecule has 0 radical (unpaired) electrons. The lowest BCUT2D eigenvalue weighted by atomic mass is 10.2. The molecule has 0 unspecified atom stereocenters. The fourth-order valence-electron chi connectivity index (χ4n) is 1.31. The monoisotopic (exact) mass is 214 g/mol. The predicted octanol–water partition coefficient (Wildman–Crippen LogP) is 1.79. The van der Waals surface area contributed by atoms with E-state index in [0.29, 0.717) is 6.54 Å². The molecule has 15 heavy (non-hydrogen) atoms. The van der Waals surface area contributed by atoms with Gasteiger partial charge in [0.1, 0.15) is 11.6 Å². The molecular formula is C11H16F2N2. The maximum Gasteiger partial charge on any atom is 0.130 e. The molecule has 2 nitrogen and oxygen atoms in total. The van der Waals surface area contributed by atoms with Crippen molar-refractivity contribution in [3.05, 3.63) is 35.4 Å². The first-order valence-corrected chi connectivity index (χ1v) is 5.09. The molecule has 0 saturated carbocycles. The van der Waals surface area contributed by atoms with E-state index < -0.39 is 11.6 Å². The van der Waals surface area contributed by atoms with Gasteiger partial charge in [-0.3, -0.25) is 0 Å². The summed E-state index contributed by atoms with van der Waals surface area (Å²) in [6.07, 6.45) is 1.85. The second-order valence-corrected chi connectivity index (χ2v) is 3.37. The number of nitrogens with one attached hydrogen (secondary N) is 1. The lowest BCUT2D eigenvalue weighted by molar-refractivity contribution is 0.530. The highest BCUT2D eigenvalue weighted by Gasteiger charge is 2.06. The number of hydrogen-bond acceptors (Lipinski definition) is 2. The first kappa shape index (κ1) is 12.1. The minimum Gasteiger partial charge on any atom is -0.330 e. The Morgan fingerprint density at radius 2 is 1.80 bits per heavy atom. The SMILES string of the molecule is NCCCCNCc1c(F)cccc1F. The average Bonchev–Trinajstić information content (AvgIpc) is 2.21. The highest BCUT2D eigenvalue weighted by atomic mass is 19.1. The van der Waals surface area contributed by atoms with Gasteiger partial charge in [-0.15, -0.1) is 0 Å². The van der Waals surface area contributed by atoms with Gasteiger partial charge in [0.2, 0.25) is 0 Å². The minimum absolute atomic E-state index is 0.102. The summed E-state index contributed by atoms with van der Waals surface area (Å²) in [4.78, 5) is 0. The van der Waals surface area contributed by atoms with Crippen molar-refractivity contribution in [1.29, 1.82) is 0 Å². The molecule has 0 aliphatic heterocycles. The molecule has 0 bridgehead atoms. The summed E-state index contributed by atoms with van der Waals surface area (Å²) in [6, 6.07) is 3.89. The Hall–Kier alpha value is -1.00. The van der Waals surface area contributed by atoms with Gasteiger partial charge in [-0.05, 0) is 38.1 Å². The van der Waals surface area contributed by atoms with Crippen molar-refractivity contribution in [2.24, 2.45) is 5.73 Å². The highest BCUT2D eigenvalue weighted by molar-refractivity contribution is 5.19. The van der Waals surface area contributed by atoms with Crippen LogP contribution in [0.4, 0.5) is 8.78 Å². The van der Waals surface area contributed by atoms with Crippen LogP contribution >= 0.6 is 0 Å². The molecule has 0 saturated heterocycles. The van der Waals surface area contributed by atoms with Gasteiger partial charge in [0, 0.05) is 12.1 Å². The van der Waals surface area contributed by atoms with E-state index in [-0.39, 0.29) is 12.1 Å². The molecule has 84 valence electrons. The Balaban J connectivity index is 2.37. The zero-order chi connectivity index (χ0) is 11.1. The van der Waals surface area contributed by atoms with Crippen LogP contribution in [0.1, 0.15) is 18.4 Å². The van der Waals surface area contributed by atoms with Crippen molar-refractivity contribution in [3.8, 4) is 0 Å². The van der Waals surface area contributed by atoms with Crippen molar-refractivity contribution in [2.75, 3.05) is 13.1 Å². The molecule has 0 atom stereocenters. The molecule has 0 spiro atoms. The maximum atomic E-state index is 13.1. The smallest absolute Gasteiger partial charge is 0.130 e. The van der Waals surface area contributed by atoms with Gasteiger partial charge in [-0.25, -0.2) is 8.78 Å². The summed E-state index contributed by atoms with van der Waals surface area (Å²) >= 11 is 0. The van der Waals surface area contributed by atoms with E-state index in [0.717, 1.165) is 19.4 Å². The van der Waals surface area contributed by atoms with Crippen LogP contribution in [0, 0.1) is 11.6 Å². The lowest BCUT2D eigenvalue weighted by Gasteiger charge is -2.06. The second kappa shape index (κ2) is 6.48. The van der Waals surface area contributed by atoms with E-state index in [1.54, 1.807) is 0 Å². The quantitative estimate of drug-likeness (QED) is 0.708. The minimum atomic E-state index is -0.499. The van der Waals surface area contributed by atoms with E-state index >= 15 is 0 Å². The van der Waals surface area contributed by atoms with Crippen LogP contribution in [0.15, 0.2) is 18.2 Å². The number of rotatable bonds is 6. The molecule has 1 rings (SSSR count). The van der Waals surface area contributed by atoms with Crippen LogP contribution in [0.2, 0.25) is 0 Å². The molecule has 1 aromatic carbocycles. The third kappa shape index (κ3) is 3.93. The Morgan fingerprint density at radius 1 is 1.13 bits per heavy atom. The molecular weight excluding hydrogens is 198 g/mol. The first-order valence-electron chi connectivity index (χ1n) is 5.09. The van der Waals surface area contributed by atoms with Gasteiger partial charge >= 0.3 is 0 Å². The molecule has 0 fully saturated rings. The molecule has 0 heterocycles. The predicted molar refractivity (Wildman–Crippen MR) is 56.4 cm³/mol. The van der Waals surface area contributed by atoms with E-state index in [2.05, 4.69) is 5.32 Å². The Kier molecular flexibility index (Phi) is 5.21. The van der Waals surface area contributed by atoms with Gasteiger partial charge < -0.3 is 11.1 Å². The third-order valence-electron chi connectivity index (χ3n) is 2.17. The van der Waals surface area contributed by atoms with Gasteiger partial charge in [-0.1, -0.05) is 6.07 Å². The van der Waals surface area contributed by atoms with Crippen molar-refractivity contribution < 1.29 is 8.78 Å². The zero-order valence-electron chi connectivity index (χ0n) is 8.60. The highest BCUT2D eigenvalue weighted by Crippen LogP contribution is 2.11. The van der Waals surface area contributed by atoms with E-state index in [1.807, 2.05) is 0 Å². The van der Waals surface area contributed by atoms with E-state index in [9.17, 15) is 8.78 Å². The summed E-state index contributed by atoms with van der Waals surface area (Å²) in [6.45, 7) is 1.60.